The molecule has 0 amide bonds. The fraction of sp³-hybridized carbons (Fsp3) is 0.940. The number of rotatable bonds is 66. The van der Waals surface area contributed by atoms with Gasteiger partial charge in [0.25, 0.3) is 0 Å². The summed E-state index contributed by atoms with van der Waals surface area (Å²) < 4.78 is 68.0. The maximum Gasteiger partial charge on any atom is 0.472 e. The van der Waals surface area contributed by atoms with Crippen molar-refractivity contribution < 1.29 is 80.2 Å². The van der Waals surface area contributed by atoms with Gasteiger partial charge >= 0.3 is 39.5 Å². The molecule has 0 saturated carbocycles. The Labute approximate surface area is 524 Å². The van der Waals surface area contributed by atoms with E-state index in [0.717, 1.165) is 103 Å². The molecule has 0 aliphatic rings. The van der Waals surface area contributed by atoms with Crippen molar-refractivity contribution in [2.75, 3.05) is 39.6 Å². The minimum Gasteiger partial charge on any atom is -0.462 e. The molecule has 0 aliphatic carbocycles. The third-order valence-electron chi connectivity index (χ3n) is 15.5. The molecule has 0 radical (unpaired) electrons. The molecule has 510 valence electrons. The number of aliphatic hydroxyl groups excluding tert-OH is 1. The van der Waals surface area contributed by atoms with Gasteiger partial charge in [-0.15, -0.1) is 0 Å². The molecule has 0 heterocycles. The Morgan fingerprint density at radius 1 is 0.314 bits per heavy atom. The predicted octanol–water partition coefficient (Wildman–Crippen LogP) is 18.8. The van der Waals surface area contributed by atoms with Crippen LogP contribution in [0.15, 0.2) is 0 Å². The topological polar surface area (TPSA) is 237 Å². The van der Waals surface area contributed by atoms with Gasteiger partial charge < -0.3 is 33.8 Å². The molecule has 0 spiro atoms. The van der Waals surface area contributed by atoms with E-state index in [4.69, 9.17) is 37.0 Å². The van der Waals surface area contributed by atoms with Crippen molar-refractivity contribution in [3.63, 3.8) is 0 Å². The van der Waals surface area contributed by atoms with E-state index >= 15 is 0 Å². The summed E-state index contributed by atoms with van der Waals surface area (Å²) in [6.45, 7) is 9.31. The van der Waals surface area contributed by atoms with Crippen LogP contribution in [0.25, 0.3) is 0 Å². The Morgan fingerprint density at radius 3 is 0.791 bits per heavy atom. The van der Waals surface area contributed by atoms with E-state index in [9.17, 15) is 43.2 Å². The monoisotopic (exact) mass is 1270 g/mol. The predicted molar refractivity (Wildman–Crippen MR) is 345 cm³/mol. The van der Waals surface area contributed by atoms with Crippen LogP contribution in [-0.4, -0.2) is 96.7 Å². The van der Waals surface area contributed by atoms with Crippen LogP contribution in [0.5, 0.6) is 0 Å². The highest BCUT2D eigenvalue weighted by molar-refractivity contribution is 7.47. The fourth-order valence-corrected chi connectivity index (χ4v) is 11.6. The first-order valence-electron chi connectivity index (χ1n) is 35.0. The second-order valence-electron chi connectivity index (χ2n) is 25.2. The zero-order chi connectivity index (χ0) is 63.6. The smallest absolute Gasteiger partial charge is 0.462 e. The first-order valence-corrected chi connectivity index (χ1v) is 38.0. The number of phosphoric acid groups is 2. The average Bonchev–Trinajstić information content (AvgIpc) is 3.68. The van der Waals surface area contributed by atoms with E-state index < -0.39 is 97.5 Å². The normalized spacial score (nSPS) is 14.2. The SMILES string of the molecule is CCCCCCCCCCCCCCCCCCCCCCC(=O)O[C@H](COC(=O)CCCCCCCCC(C)C)COP(=O)(O)OC[C@@H](O)COP(=O)(O)OC[C@@H](COC(=O)CCCCCCCCCC)OC(=O)CCCCCCCCC(C)C. The minimum atomic E-state index is -4.95. The Bertz CT molecular complexity index is 1680. The van der Waals surface area contributed by atoms with Gasteiger partial charge in [0.1, 0.15) is 19.3 Å². The van der Waals surface area contributed by atoms with Gasteiger partial charge in [-0.1, -0.05) is 286 Å². The maximum atomic E-state index is 13.0. The lowest BCUT2D eigenvalue weighted by atomic mass is 10.0. The van der Waals surface area contributed by atoms with Crippen LogP contribution < -0.4 is 0 Å². The number of hydrogen-bond donors (Lipinski definition) is 3. The number of carbonyl (C=O) groups excluding carboxylic acids is 4. The Hall–Kier alpha value is -1.94. The van der Waals surface area contributed by atoms with Crippen LogP contribution in [-0.2, 0) is 65.4 Å². The number of hydrogen-bond acceptors (Lipinski definition) is 15. The molecule has 5 atom stereocenters. The Morgan fingerprint density at radius 2 is 0.535 bits per heavy atom. The van der Waals surface area contributed by atoms with E-state index in [1.54, 1.807) is 0 Å². The second kappa shape index (κ2) is 59.4. The first kappa shape index (κ1) is 84.1. The number of aliphatic hydroxyl groups is 1. The van der Waals surface area contributed by atoms with Gasteiger partial charge in [0, 0.05) is 25.7 Å². The maximum absolute atomic E-state index is 13.0. The molecule has 0 saturated heterocycles. The zero-order valence-electron chi connectivity index (χ0n) is 55.6. The second-order valence-corrected chi connectivity index (χ2v) is 28.1. The summed E-state index contributed by atoms with van der Waals surface area (Å²) in [5.41, 5.74) is 0. The van der Waals surface area contributed by atoms with Crippen molar-refractivity contribution in [3.05, 3.63) is 0 Å². The fourth-order valence-electron chi connectivity index (χ4n) is 10.1. The highest BCUT2D eigenvalue weighted by Gasteiger charge is 2.30. The van der Waals surface area contributed by atoms with Gasteiger partial charge in [-0.3, -0.25) is 37.3 Å². The van der Waals surface area contributed by atoms with Crippen LogP contribution in [0.1, 0.15) is 337 Å². The molecule has 0 aromatic carbocycles. The Balaban J connectivity index is 5.12. The van der Waals surface area contributed by atoms with E-state index in [0.29, 0.717) is 37.5 Å². The van der Waals surface area contributed by atoms with Crippen molar-refractivity contribution in [1.29, 1.82) is 0 Å². The largest absolute Gasteiger partial charge is 0.472 e. The standard InChI is InChI=1S/C67H130O17P2/c1-7-9-11-13-15-17-18-19-20-21-22-23-24-25-26-27-28-30-39-45-51-66(71)83-62(56-78-65(70)50-44-38-33-31-35-41-47-59(3)4)57-81-85(73,74)79-53-61(68)54-80-86(75,76)82-58-63(55-77-64(69)49-43-37-29-16-14-12-10-8-2)84-67(72)52-46-40-34-32-36-42-48-60(5)6/h59-63,68H,7-58H2,1-6H3,(H,73,74)(H,75,76)/t61-,62-,63-/m1/s1. The molecule has 0 aromatic heterocycles. The summed E-state index contributed by atoms with van der Waals surface area (Å²) >= 11 is 0. The molecule has 17 nitrogen and oxygen atoms in total. The van der Waals surface area contributed by atoms with Crippen LogP contribution in [0, 0.1) is 11.8 Å². The van der Waals surface area contributed by atoms with Crippen molar-refractivity contribution in [2.45, 2.75) is 355 Å². The third kappa shape index (κ3) is 60.9. The number of carbonyl (C=O) groups is 4. The summed E-state index contributed by atoms with van der Waals surface area (Å²) in [4.78, 5) is 72.2. The van der Waals surface area contributed by atoms with Crippen LogP contribution in [0.4, 0.5) is 0 Å². The highest BCUT2D eigenvalue weighted by atomic mass is 31.2. The van der Waals surface area contributed by atoms with Gasteiger partial charge in [0.2, 0.25) is 0 Å². The van der Waals surface area contributed by atoms with E-state index in [2.05, 4.69) is 41.5 Å². The highest BCUT2D eigenvalue weighted by Crippen LogP contribution is 2.45. The third-order valence-corrected chi connectivity index (χ3v) is 17.4. The number of unbranched alkanes of at least 4 members (excludes halogenated alkanes) is 36. The van der Waals surface area contributed by atoms with Crippen molar-refractivity contribution in [2.24, 2.45) is 11.8 Å². The molecular weight excluding hydrogens is 1140 g/mol. The molecule has 0 bridgehead atoms. The van der Waals surface area contributed by atoms with Crippen LogP contribution in [0.3, 0.4) is 0 Å². The molecule has 3 N–H and O–H groups in total. The lowest BCUT2D eigenvalue weighted by Gasteiger charge is -2.21. The summed E-state index contributed by atoms with van der Waals surface area (Å²) in [5.74, 6) is -0.790. The molecule has 19 heteroatoms. The van der Waals surface area contributed by atoms with E-state index in [1.165, 1.54) is 141 Å². The molecule has 86 heavy (non-hydrogen) atoms. The quantitative estimate of drug-likeness (QED) is 0.0222. The summed E-state index contributed by atoms with van der Waals surface area (Å²) in [6, 6.07) is 0. The Kier molecular flexibility index (Phi) is 58.0. The van der Waals surface area contributed by atoms with Gasteiger partial charge in [-0.25, -0.2) is 9.13 Å². The number of phosphoric ester groups is 2. The van der Waals surface area contributed by atoms with Crippen LogP contribution >= 0.6 is 15.6 Å². The molecule has 2 unspecified atom stereocenters. The van der Waals surface area contributed by atoms with Crippen LogP contribution in [0.2, 0.25) is 0 Å². The lowest BCUT2D eigenvalue weighted by molar-refractivity contribution is -0.161. The van der Waals surface area contributed by atoms with E-state index in [1.807, 2.05) is 0 Å². The molecule has 0 aliphatic heterocycles. The average molecular weight is 1270 g/mol. The van der Waals surface area contributed by atoms with Gasteiger partial charge in [-0.05, 0) is 37.5 Å². The number of ether oxygens (including phenoxy) is 4. The molecule has 0 rings (SSSR count). The van der Waals surface area contributed by atoms with Crippen molar-refractivity contribution >= 4 is 39.5 Å². The minimum absolute atomic E-state index is 0.102. The molecular formula is C67H130O17P2. The van der Waals surface area contributed by atoms with E-state index in [-0.39, 0.29) is 25.7 Å². The zero-order valence-corrected chi connectivity index (χ0v) is 57.4. The lowest BCUT2D eigenvalue weighted by Crippen LogP contribution is -2.30. The number of esters is 4. The summed E-state index contributed by atoms with van der Waals surface area (Å²) in [7, 11) is -9.89. The summed E-state index contributed by atoms with van der Waals surface area (Å²) in [5, 5.41) is 10.5. The molecule has 0 fully saturated rings. The van der Waals surface area contributed by atoms with Gasteiger partial charge in [0.15, 0.2) is 12.2 Å². The van der Waals surface area contributed by atoms with Gasteiger partial charge in [0.05, 0.1) is 26.4 Å². The van der Waals surface area contributed by atoms with Crippen molar-refractivity contribution in [3.8, 4) is 0 Å². The van der Waals surface area contributed by atoms with Crippen molar-refractivity contribution in [1.82, 2.24) is 0 Å². The summed E-state index contributed by atoms with van der Waals surface area (Å²) in [6.07, 6.45) is 43.7. The first-order chi connectivity index (χ1) is 41.4. The molecule has 0 aromatic rings. The van der Waals surface area contributed by atoms with Gasteiger partial charge in [-0.2, -0.15) is 0 Å².